The molecule has 8 nitrogen and oxygen atoms in total. The number of rotatable bonds is 6. The molecule has 0 aliphatic rings. The number of imide groups is 1. The maximum absolute atomic E-state index is 12.2. The van der Waals surface area contributed by atoms with E-state index in [2.05, 4.69) is 20.8 Å². The highest BCUT2D eigenvalue weighted by molar-refractivity contribution is 7.99. The van der Waals surface area contributed by atoms with E-state index in [9.17, 15) is 9.59 Å². The molecule has 3 amide bonds. The topological polar surface area (TPSA) is 102 Å². The van der Waals surface area contributed by atoms with Crippen LogP contribution in [0.15, 0.2) is 40.1 Å². The summed E-state index contributed by atoms with van der Waals surface area (Å²) in [4.78, 5) is 24.3. The number of benzene rings is 1. The molecule has 2 aromatic heterocycles. The molecule has 0 radical (unpaired) electrons. The normalized spacial score (nSPS) is 10.8. The van der Waals surface area contributed by atoms with Gasteiger partial charge in [0.25, 0.3) is 0 Å². The Morgan fingerprint density at radius 2 is 1.97 bits per heavy atom. The molecular weight excluding hydrogens is 390 g/mol. The summed E-state index contributed by atoms with van der Waals surface area (Å²) in [5.41, 5.74) is 3.56. The number of anilines is 1. The second kappa shape index (κ2) is 8.95. The van der Waals surface area contributed by atoms with Gasteiger partial charge in [0.05, 0.1) is 17.6 Å². The number of aromatic nitrogens is 3. The fourth-order valence-corrected chi connectivity index (χ4v) is 3.70. The third-order valence-electron chi connectivity index (χ3n) is 4.35. The highest BCUT2D eigenvalue weighted by Gasteiger charge is 2.18. The van der Waals surface area contributed by atoms with Crippen molar-refractivity contribution in [3.05, 3.63) is 47.4 Å². The van der Waals surface area contributed by atoms with Crippen LogP contribution in [0.2, 0.25) is 0 Å². The van der Waals surface area contributed by atoms with Gasteiger partial charge in [-0.2, -0.15) is 0 Å². The lowest BCUT2D eigenvalue weighted by atomic mass is 10.1. The van der Waals surface area contributed by atoms with Crippen molar-refractivity contribution in [2.45, 2.75) is 39.4 Å². The van der Waals surface area contributed by atoms with Gasteiger partial charge in [-0.15, -0.1) is 10.2 Å². The number of nitrogens with zero attached hydrogens (tertiary/aromatic N) is 3. The molecule has 0 spiro atoms. The van der Waals surface area contributed by atoms with Crippen LogP contribution in [0.5, 0.6) is 0 Å². The lowest BCUT2D eigenvalue weighted by Gasteiger charge is -2.10. The van der Waals surface area contributed by atoms with Crippen molar-refractivity contribution in [1.29, 1.82) is 0 Å². The van der Waals surface area contributed by atoms with E-state index in [-0.39, 0.29) is 5.75 Å². The molecule has 0 fully saturated rings. The van der Waals surface area contributed by atoms with Gasteiger partial charge in [0.15, 0.2) is 11.0 Å². The molecular formula is C20H23N5O3S. The van der Waals surface area contributed by atoms with Crippen molar-refractivity contribution in [3.8, 4) is 11.4 Å². The van der Waals surface area contributed by atoms with Gasteiger partial charge in [0.2, 0.25) is 5.91 Å². The van der Waals surface area contributed by atoms with Crippen LogP contribution in [0.1, 0.15) is 23.8 Å². The molecule has 1 aromatic carbocycles. The molecule has 0 unspecified atom stereocenters. The maximum atomic E-state index is 12.2. The van der Waals surface area contributed by atoms with Crippen LogP contribution in [0.3, 0.4) is 0 Å². The van der Waals surface area contributed by atoms with E-state index >= 15 is 0 Å². The average molecular weight is 414 g/mol. The molecule has 3 aromatic rings. The van der Waals surface area contributed by atoms with Gasteiger partial charge in [0, 0.05) is 12.2 Å². The Bertz CT molecular complexity index is 1040. The first-order valence-electron chi connectivity index (χ1n) is 9.17. The second-order valence-corrected chi connectivity index (χ2v) is 7.49. The fourth-order valence-electron chi connectivity index (χ4n) is 2.90. The zero-order valence-corrected chi connectivity index (χ0v) is 17.6. The molecule has 0 aliphatic heterocycles. The van der Waals surface area contributed by atoms with Gasteiger partial charge in [0.1, 0.15) is 5.76 Å². The predicted molar refractivity (Wildman–Crippen MR) is 112 cm³/mol. The summed E-state index contributed by atoms with van der Waals surface area (Å²) >= 11 is 1.22. The van der Waals surface area contributed by atoms with Crippen molar-refractivity contribution in [3.63, 3.8) is 0 Å². The number of amides is 3. The first-order chi connectivity index (χ1) is 13.9. The van der Waals surface area contributed by atoms with E-state index in [1.54, 1.807) is 6.26 Å². The molecule has 3 rings (SSSR count). The number of urea groups is 1. The van der Waals surface area contributed by atoms with Crippen molar-refractivity contribution in [2.75, 3.05) is 11.1 Å². The summed E-state index contributed by atoms with van der Waals surface area (Å²) in [6.45, 7) is 8.36. The smallest absolute Gasteiger partial charge is 0.325 e. The highest BCUT2D eigenvalue weighted by Crippen LogP contribution is 2.26. The Balaban J connectivity index is 1.59. The van der Waals surface area contributed by atoms with Crippen molar-refractivity contribution < 1.29 is 14.0 Å². The molecule has 2 heterocycles. The minimum absolute atomic E-state index is 0.0444. The van der Waals surface area contributed by atoms with Crippen molar-refractivity contribution >= 4 is 29.4 Å². The summed E-state index contributed by atoms with van der Waals surface area (Å²) in [6, 6.07) is 6.95. The Morgan fingerprint density at radius 3 is 2.62 bits per heavy atom. The zero-order valence-electron chi connectivity index (χ0n) is 16.8. The summed E-state index contributed by atoms with van der Waals surface area (Å²) in [7, 11) is 0. The van der Waals surface area contributed by atoms with Crippen LogP contribution in [0.4, 0.5) is 10.5 Å². The summed E-state index contributed by atoms with van der Waals surface area (Å²) < 4.78 is 7.25. The third kappa shape index (κ3) is 4.86. The van der Waals surface area contributed by atoms with E-state index in [0.29, 0.717) is 23.2 Å². The number of carbonyl (C=O) groups is 2. The molecule has 0 bridgehead atoms. The quantitative estimate of drug-likeness (QED) is 0.594. The van der Waals surface area contributed by atoms with Crippen LogP contribution < -0.4 is 10.6 Å². The SMILES string of the molecule is CCn1c(SCC(=O)NC(=O)Nc2ccc(C)cc2C)nnc1-c1ccoc1C. The molecule has 2 N–H and O–H groups in total. The van der Waals surface area contributed by atoms with Gasteiger partial charge in [-0.3, -0.25) is 10.1 Å². The maximum Gasteiger partial charge on any atom is 0.325 e. The van der Waals surface area contributed by atoms with Gasteiger partial charge in [-0.1, -0.05) is 29.5 Å². The molecule has 0 atom stereocenters. The molecule has 9 heteroatoms. The van der Waals surface area contributed by atoms with Crippen LogP contribution in [-0.4, -0.2) is 32.5 Å². The Kier molecular flexibility index (Phi) is 6.38. The van der Waals surface area contributed by atoms with E-state index in [1.165, 1.54) is 11.8 Å². The molecule has 0 aliphatic carbocycles. The second-order valence-electron chi connectivity index (χ2n) is 6.55. The molecule has 29 heavy (non-hydrogen) atoms. The number of thioether (sulfide) groups is 1. The first-order valence-corrected chi connectivity index (χ1v) is 10.2. The van der Waals surface area contributed by atoms with Crippen LogP contribution in [0, 0.1) is 20.8 Å². The lowest BCUT2D eigenvalue weighted by molar-refractivity contribution is -0.117. The van der Waals surface area contributed by atoms with Crippen LogP contribution >= 0.6 is 11.8 Å². The number of hydrogen-bond donors (Lipinski definition) is 2. The van der Waals surface area contributed by atoms with E-state index in [4.69, 9.17) is 4.42 Å². The zero-order chi connectivity index (χ0) is 21.0. The molecule has 0 saturated carbocycles. The number of hydrogen-bond acceptors (Lipinski definition) is 6. The Labute approximate surface area is 173 Å². The van der Waals surface area contributed by atoms with Crippen LogP contribution in [-0.2, 0) is 11.3 Å². The van der Waals surface area contributed by atoms with Gasteiger partial charge in [-0.05, 0) is 45.4 Å². The first kappa shape index (κ1) is 20.7. The highest BCUT2D eigenvalue weighted by atomic mass is 32.2. The minimum Gasteiger partial charge on any atom is -0.469 e. The van der Waals surface area contributed by atoms with Gasteiger partial charge in [-0.25, -0.2) is 4.79 Å². The molecule has 152 valence electrons. The van der Waals surface area contributed by atoms with Crippen molar-refractivity contribution in [1.82, 2.24) is 20.1 Å². The Morgan fingerprint density at radius 1 is 1.17 bits per heavy atom. The minimum atomic E-state index is -0.561. The summed E-state index contributed by atoms with van der Waals surface area (Å²) in [6.07, 6.45) is 1.61. The van der Waals surface area contributed by atoms with Gasteiger partial charge < -0.3 is 14.3 Å². The number of carbonyl (C=O) groups excluding carboxylic acids is 2. The third-order valence-corrected chi connectivity index (χ3v) is 5.31. The predicted octanol–water partition coefficient (Wildman–Crippen LogP) is 3.92. The average Bonchev–Trinajstić information content (AvgIpc) is 3.27. The van der Waals surface area contributed by atoms with E-state index in [0.717, 1.165) is 22.5 Å². The number of aryl methyl sites for hydroxylation is 3. The van der Waals surface area contributed by atoms with E-state index < -0.39 is 11.9 Å². The van der Waals surface area contributed by atoms with Crippen molar-refractivity contribution in [2.24, 2.45) is 0 Å². The van der Waals surface area contributed by atoms with E-state index in [1.807, 2.05) is 56.5 Å². The van der Waals surface area contributed by atoms with Gasteiger partial charge >= 0.3 is 6.03 Å². The van der Waals surface area contributed by atoms with Crippen LogP contribution in [0.25, 0.3) is 11.4 Å². The largest absolute Gasteiger partial charge is 0.469 e. The Hall–Kier alpha value is -3.07. The standard InChI is InChI=1S/C20H23N5O3S/c1-5-25-18(15-8-9-28-14(15)4)23-24-20(25)29-11-17(26)22-19(27)21-16-7-6-12(2)10-13(16)3/h6-10H,5,11H2,1-4H3,(H2,21,22,26,27). The monoisotopic (exact) mass is 413 g/mol. The number of furan rings is 1. The summed E-state index contributed by atoms with van der Waals surface area (Å²) in [5, 5.41) is 14.0. The summed E-state index contributed by atoms with van der Waals surface area (Å²) in [5.74, 6) is 1.07. The fraction of sp³-hybridized carbons (Fsp3) is 0.300. The number of nitrogens with one attached hydrogen (secondary N) is 2. The lowest BCUT2D eigenvalue weighted by Crippen LogP contribution is -2.35. The molecule has 0 saturated heterocycles.